The largest absolute Gasteiger partial charge is 0.462 e. The van der Waals surface area contributed by atoms with Crippen molar-refractivity contribution in [3.8, 4) is 11.3 Å². The number of amides is 1. The van der Waals surface area contributed by atoms with Gasteiger partial charge < -0.3 is 14.6 Å². The van der Waals surface area contributed by atoms with Gasteiger partial charge in [-0.15, -0.1) is 0 Å². The number of likely N-dealkylation sites (tertiary alicyclic amines) is 1. The van der Waals surface area contributed by atoms with E-state index in [-0.39, 0.29) is 45.2 Å². The summed E-state index contributed by atoms with van der Waals surface area (Å²) in [5, 5.41) is 0. The number of esters is 1. The molecule has 5 aliphatic carbocycles. The van der Waals surface area contributed by atoms with E-state index in [1.807, 2.05) is 6.20 Å². The quantitative estimate of drug-likeness (QED) is 0.248. The molecule has 0 bridgehead atoms. The molecule has 0 radical (unpaired) electrons. The number of carbonyl (C=O) groups excluding carboxylic acids is 2. The summed E-state index contributed by atoms with van der Waals surface area (Å²) in [6.07, 6.45) is 15.1. The molecule has 1 aromatic heterocycles. The van der Waals surface area contributed by atoms with Crippen molar-refractivity contribution in [1.82, 2.24) is 14.9 Å². The van der Waals surface area contributed by atoms with Gasteiger partial charge in [0.25, 0.3) is 0 Å². The second kappa shape index (κ2) is 12.3. The summed E-state index contributed by atoms with van der Waals surface area (Å²) in [6, 6.07) is 8.60. The van der Waals surface area contributed by atoms with Gasteiger partial charge in [0, 0.05) is 18.9 Å². The Morgan fingerprint density at radius 2 is 1.62 bits per heavy atom. The van der Waals surface area contributed by atoms with Crippen LogP contribution in [0, 0.1) is 63.6 Å². The lowest BCUT2D eigenvalue weighted by molar-refractivity contribution is -0.249. The summed E-state index contributed by atoms with van der Waals surface area (Å²) < 4.78 is 6.00. The van der Waals surface area contributed by atoms with E-state index in [4.69, 9.17) is 9.72 Å². The first-order valence-corrected chi connectivity index (χ1v) is 20.8. The number of fused-ring (bicyclic) bond motifs is 7. The number of aromatic amines is 1. The first kappa shape index (κ1) is 36.1. The predicted octanol–water partition coefficient (Wildman–Crippen LogP) is 10.6. The molecule has 11 atom stereocenters. The van der Waals surface area contributed by atoms with Crippen LogP contribution in [0.2, 0.25) is 0 Å². The Bertz CT molecular complexity index is 1740. The smallest absolute Gasteiger partial charge is 0.302 e. The van der Waals surface area contributed by atoms with Crippen LogP contribution in [-0.2, 0) is 14.3 Å². The van der Waals surface area contributed by atoms with Crippen molar-refractivity contribution < 1.29 is 14.3 Å². The molecule has 6 aliphatic rings. The molecule has 1 N–H and O–H groups in total. The van der Waals surface area contributed by atoms with Gasteiger partial charge in [-0.25, -0.2) is 4.98 Å². The third-order valence-electron chi connectivity index (χ3n) is 17.5. The van der Waals surface area contributed by atoms with Crippen LogP contribution in [0.1, 0.15) is 143 Å². The van der Waals surface area contributed by atoms with Crippen molar-refractivity contribution in [2.24, 2.45) is 56.7 Å². The van der Waals surface area contributed by atoms with Crippen molar-refractivity contribution in [1.29, 1.82) is 0 Å². The maximum absolute atomic E-state index is 15.4. The number of nitrogens with one attached hydrogen (secondary N) is 1. The lowest BCUT2D eigenvalue weighted by Gasteiger charge is -2.73. The van der Waals surface area contributed by atoms with Crippen LogP contribution in [0.5, 0.6) is 0 Å². The van der Waals surface area contributed by atoms with E-state index in [2.05, 4.69) is 89.2 Å². The number of carbonyl (C=O) groups is 2. The Balaban J connectivity index is 1.10. The molecule has 5 saturated carbocycles. The van der Waals surface area contributed by atoms with Crippen LogP contribution in [0.4, 0.5) is 0 Å². The fourth-order valence-electron chi connectivity index (χ4n) is 14.9. The highest BCUT2D eigenvalue weighted by atomic mass is 16.5. The molecule has 0 spiro atoms. The molecule has 52 heavy (non-hydrogen) atoms. The molecule has 1 aliphatic heterocycles. The molecule has 1 saturated heterocycles. The van der Waals surface area contributed by atoms with Crippen LogP contribution in [0.3, 0.4) is 0 Å². The van der Waals surface area contributed by atoms with Crippen molar-refractivity contribution in [2.75, 3.05) is 6.54 Å². The van der Waals surface area contributed by atoms with Gasteiger partial charge in [0.05, 0.1) is 23.3 Å². The second-order valence-corrected chi connectivity index (χ2v) is 20.0. The molecule has 1 aromatic carbocycles. The lowest BCUT2D eigenvalue weighted by Crippen LogP contribution is -2.67. The molecule has 6 fully saturated rings. The van der Waals surface area contributed by atoms with E-state index in [0.29, 0.717) is 35.5 Å². The SMILES string of the molecule is C=C(C)[C@@H]1CC[C@]2(C(=O)N3CCC[C@H]3c3ncc(-c4ccc(C)cc4)[nH]3)CC[C@]3(C)[C@H](CCC4[C@@]5(C)CC[C@H](OC(C)=O)C(C)(C)C5CC[C@]43C)C12. The van der Waals surface area contributed by atoms with E-state index in [1.165, 1.54) is 36.8 Å². The number of nitrogens with zero attached hydrogens (tertiary/aromatic N) is 2. The molecular formula is C46H65N3O3. The highest BCUT2D eigenvalue weighted by Crippen LogP contribution is 2.78. The molecule has 2 aromatic rings. The lowest BCUT2D eigenvalue weighted by atomic mass is 9.32. The van der Waals surface area contributed by atoms with E-state index < -0.39 is 0 Å². The number of H-pyrrole nitrogens is 1. The molecule has 1 amide bonds. The minimum Gasteiger partial charge on any atom is -0.462 e. The number of allylic oxidation sites excluding steroid dienone is 1. The minimum absolute atomic E-state index is 0.000245. The zero-order valence-electron chi connectivity index (χ0n) is 33.4. The number of hydrogen-bond donors (Lipinski definition) is 1. The molecule has 3 unspecified atom stereocenters. The number of benzene rings is 1. The highest BCUT2D eigenvalue weighted by Gasteiger charge is 2.72. The number of aromatic nitrogens is 2. The van der Waals surface area contributed by atoms with Gasteiger partial charge in [-0.1, -0.05) is 76.6 Å². The summed E-state index contributed by atoms with van der Waals surface area (Å²) in [4.78, 5) is 38.4. The first-order chi connectivity index (χ1) is 24.6. The average Bonchev–Trinajstić information content (AvgIpc) is 3.85. The Morgan fingerprint density at radius 3 is 2.33 bits per heavy atom. The summed E-state index contributed by atoms with van der Waals surface area (Å²) in [7, 11) is 0. The van der Waals surface area contributed by atoms with Crippen LogP contribution < -0.4 is 0 Å². The average molecular weight is 708 g/mol. The van der Waals surface area contributed by atoms with Crippen molar-refractivity contribution in [2.45, 2.75) is 145 Å². The van der Waals surface area contributed by atoms with Crippen molar-refractivity contribution in [3.63, 3.8) is 0 Å². The topological polar surface area (TPSA) is 75.3 Å². The highest BCUT2D eigenvalue weighted by molar-refractivity contribution is 5.84. The van der Waals surface area contributed by atoms with Gasteiger partial charge in [0.15, 0.2) is 0 Å². The van der Waals surface area contributed by atoms with Gasteiger partial charge in [-0.05, 0) is 142 Å². The predicted molar refractivity (Wildman–Crippen MR) is 207 cm³/mol. The summed E-state index contributed by atoms with van der Waals surface area (Å²) in [5.41, 5.74) is 4.93. The summed E-state index contributed by atoms with van der Waals surface area (Å²) >= 11 is 0. The molecule has 2 heterocycles. The fourth-order valence-corrected chi connectivity index (χ4v) is 14.9. The van der Waals surface area contributed by atoms with Gasteiger partial charge in [-0.3, -0.25) is 9.59 Å². The molecule has 8 rings (SSSR count). The Morgan fingerprint density at radius 1 is 0.865 bits per heavy atom. The van der Waals surface area contributed by atoms with E-state index >= 15 is 4.79 Å². The van der Waals surface area contributed by atoms with Gasteiger partial charge >= 0.3 is 5.97 Å². The Hall–Kier alpha value is -2.89. The third-order valence-corrected chi connectivity index (χ3v) is 17.5. The maximum atomic E-state index is 15.4. The van der Waals surface area contributed by atoms with Crippen LogP contribution >= 0.6 is 0 Å². The van der Waals surface area contributed by atoms with E-state index in [9.17, 15) is 4.79 Å². The van der Waals surface area contributed by atoms with Crippen LogP contribution in [-0.4, -0.2) is 39.4 Å². The first-order valence-electron chi connectivity index (χ1n) is 20.8. The van der Waals surface area contributed by atoms with E-state index in [1.54, 1.807) is 6.92 Å². The number of imidazole rings is 1. The van der Waals surface area contributed by atoms with E-state index in [0.717, 1.165) is 75.0 Å². The van der Waals surface area contributed by atoms with Crippen molar-refractivity contribution in [3.05, 3.63) is 54.0 Å². The van der Waals surface area contributed by atoms with Crippen molar-refractivity contribution >= 4 is 11.9 Å². The fraction of sp³-hybridized carbons (Fsp3) is 0.717. The number of hydrogen-bond acceptors (Lipinski definition) is 4. The second-order valence-electron chi connectivity index (χ2n) is 20.0. The normalized spacial score (nSPS) is 42.1. The van der Waals surface area contributed by atoms with Gasteiger partial charge in [0.1, 0.15) is 11.9 Å². The Kier molecular flexibility index (Phi) is 8.55. The number of ether oxygens (including phenoxy) is 1. The third kappa shape index (κ3) is 5.03. The van der Waals surface area contributed by atoms with Gasteiger partial charge in [0.2, 0.25) is 5.91 Å². The monoisotopic (exact) mass is 708 g/mol. The molecule has 282 valence electrons. The Labute approximate surface area is 313 Å². The van der Waals surface area contributed by atoms with Gasteiger partial charge in [-0.2, -0.15) is 0 Å². The van der Waals surface area contributed by atoms with Crippen LogP contribution in [0.25, 0.3) is 11.3 Å². The van der Waals surface area contributed by atoms with Crippen LogP contribution in [0.15, 0.2) is 42.6 Å². The standard InChI is InChI=1S/C46H65N3O3/c1-28(2)32-18-23-46(41(51)49-26-10-11-35(49)40-47-27-34(48-40)31-14-12-29(3)13-15-31)25-24-44(8)33(39(32)46)16-17-37-43(7)21-20-38(52-30(4)50)42(5,6)36(43)19-22-45(37,44)9/h12-15,27,32-33,35-39H,1,10-11,16-26H2,2-9H3,(H,47,48)/t32-,33+,35-,36?,37?,38-,39?,43-,44+,45+,46-/m0/s1. The minimum atomic E-state index is -0.322. The summed E-state index contributed by atoms with van der Waals surface area (Å²) in [5.74, 6) is 3.63. The number of rotatable bonds is 5. The summed E-state index contributed by atoms with van der Waals surface area (Å²) in [6.45, 7) is 24.1. The zero-order valence-corrected chi connectivity index (χ0v) is 33.4. The maximum Gasteiger partial charge on any atom is 0.302 e. The molecule has 6 heteroatoms. The molecular weight excluding hydrogens is 643 g/mol. The number of aryl methyl sites for hydroxylation is 1. The zero-order chi connectivity index (χ0) is 37.0. The molecule has 6 nitrogen and oxygen atoms in total.